The standard InChI is InChI=1S/C10H9Cl2N3O/c1-15-8(11)5-14-9(15)6-16-7-3-2-4-13-10(7)12/h2-5H,6H2,1H3. The number of rotatable bonds is 3. The Morgan fingerprint density at radius 1 is 1.38 bits per heavy atom. The van der Waals surface area contributed by atoms with Crippen LogP contribution in [0.4, 0.5) is 0 Å². The Kier molecular flexibility index (Phi) is 3.31. The molecule has 0 fully saturated rings. The summed E-state index contributed by atoms with van der Waals surface area (Å²) in [6.45, 7) is 0.300. The fourth-order valence-corrected chi connectivity index (χ4v) is 1.50. The van der Waals surface area contributed by atoms with E-state index in [2.05, 4.69) is 9.97 Å². The Morgan fingerprint density at radius 2 is 2.19 bits per heavy atom. The van der Waals surface area contributed by atoms with Gasteiger partial charge in [0, 0.05) is 13.2 Å². The van der Waals surface area contributed by atoms with Gasteiger partial charge in [-0.1, -0.05) is 23.2 Å². The summed E-state index contributed by atoms with van der Waals surface area (Å²) in [7, 11) is 1.82. The van der Waals surface area contributed by atoms with E-state index in [0.717, 1.165) is 5.82 Å². The Hall–Kier alpha value is -1.26. The minimum atomic E-state index is 0.300. The minimum Gasteiger partial charge on any atom is -0.482 e. The first kappa shape index (κ1) is 11.2. The molecule has 0 saturated heterocycles. The topological polar surface area (TPSA) is 39.9 Å². The highest BCUT2D eigenvalue weighted by Gasteiger charge is 2.07. The highest BCUT2D eigenvalue weighted by molar-refractivity contribution is 6.30. The Labute approximate surface area is 103 Å². The van der Waals surface area contributed by atoms with Crippen LogP contribution in [0.25, 0.3) is 0 Å². The van der Waals surface area contributed by atoms with E-state index in [0.29, 0.717) is 22.7 Å². The number of aromatic nitrogens is 3. The van der Waals surface area contributed by atoms with Gasteiger partial charge in [0.2, 0.25) is 0 Å². The molecule has 2 rings (SSSR count). The first-order valence-corrected chi connectivity index (χ1v) is 5.33. The molecule has 0 N–H and O–H groups in total. The van der Waals surface area contributed by atoms with Gasteiger partial charge in [-0.3, -0.25) is 0 Å². The molecule has 0 unspecified atom stereocenters. The van der Waals surface area contributed by atoms with Crippen molar-refractivity contribution in [2.45, 2.75) is 6.61 Å². The molecule has 0 spiro atoms. The normalized spacial score (nSPS) is 10.4. The molecule has 2 heterocycles. The van der Waals surface area contributed by atoms with Gasteiger partial charge in [0.15, 0.2) is 10.9 Å². The molecule has 2 aromatic heterocycles. The lowest BCUT2D eigenvalue weighted by Gasteiger charge is -2.06. The predicted molar refractivity (Wildman–Crippen MR) is 61.8 cm³/mol. The zero-order valence-corrected chi connectivity index (χ0v) is 10.0. The fraction of sp³-hybridized carbons (Fsp3) is 0.200. The van der Waals surface area contributed by atoms with Crippen molar-refractivity contribution < 1.29 is 4.74 Å². The van der Waals surface area contributed by atoms with Gasteiger partial charge in [0.05, 0.1) is 6.20 Å². The van der Waals surface area contributed by atoms with Crippen molar-refractivity contribution in [1.29, 1.82) is 0 Å². The summed E-state index contributed by atoms with van der Waals surface area (Å²) < 4.78 is 7.22. The molecule has 0 radical (unpaired) electrons. The average molecular weight is 258 g/mol. The molecule has 0 aliphatic heterocycles. The van der Waals surface area contributed by atoms with Gasteiger partial charge in [-0.2, -0.15) is 0 Å². The summed E-state index contributed by atoms with van der Waals surface area (Å²) >= 11 is 11.7. The van der Waals surface area contributed by atoms with E-state index < -0.39 is 0 Å². The molecule has 84 valence electrons. The zero-order valence-electron chi connectivity index (χ0n) is 8.52. The van der Waals surface area contributed by atoms with Crippen LogP contribution in [0.2, 0.25) is 10.3 Å². The van der Waals surface area contributed by atoms with E-state index in [-0.39, 0.29) is 0 Å². The molecule has 16 heavy (non-hydrogen) atoms. The van der Waals surface area contributed by atoms with Gasteiger partial charge in [-0.05, 0) is 12.1 Å². The molecule has 4 nitrogen and oxygen atoms in total. The number of halogens is 2. The van der Waals surface area contributed by atoms with Gasteiger partial charge in [0.25, 0.3) is 0 Å². The molecule has 2 aromatic rings. The number of nitrogens with zero attached hydrogens (tertiary/aromatic N) is 3. The van der Waals surface area contributed by atoms with Crippen LogP contribution in [0.3, 0.4) is 0 Å². The first-order valence-electron chi connectivity index (χ1n) is 4.58. The van der Waals surface area contributed by atoms with Gasteiger partial charge >= 0.3 is 0 Å². The monoisotopic (exact) mass is 257 g/mol. The number of pyridine rings is 1. The lowest BCUT2D eigenvalue weighted by molar-refractivity contribution is 0.291. The number of imidazole rings is 1. The Bertz CT molecular complexity index is 499. The molecule has 0 bridgehead atoms. The molecule has 0 amide bonds. The second kappa shape index (κ2) is 4.72. The third-order valence-corrected chi connectivity index (χ3v) is 2.74. The van der Waals surface area contributed by atoms with Crippen LogP contribution in [0, 0.1) is 0 Å². The van der Waals surface area contributed by atoms with Crippen molar-refractivity contribution in [3.63, 3.8) is 0 Å². The van der Waals surface area contributed by atoms with Crippen LogP contribution in [-0.2, 0) is 13.7 Å². The summed E-state index contributed by atoms with van der Waals surface area (Å²) in [6.07, 6.45) is 3.18. The van der Waals surface area contributed by atoms with Crippen LogP contribution in [0.5, 0.6) is 5.75 Å². The summed E-state index contributed by atoms with van der Waals surface area (Å²) in [5, 5.41) is 0.902. The SMILES string of the molecule is Cn1c(Cl)cnc1COc1cccnc1Cl. The average Bonchev–Trinajstić information content (AvgIpc) is 2.59. The Morgan fingerprint density at radius 3 is 2.81 bits per heavy atom. The van der Waals surface area contributed by atoms with Crippen molar-refractivity contribution in [2.75, 3.05) is 0 Å². The quantitative estimate of drug-likeness (QED) is 0.794. The molecule has 0 aliphatic carbocycles. The Balaban J connectivity index is 2.08. The van der Waals surface area contributed by atoms with E-state index in [1.807, 2.05) is 7.05 Å². The smallest absolute Gasteiger partial charge is 0.171 e. The molecular weight excluding hydrogens is 249 g/mol. The lowest BCUT2D eigenvalue weighted by atomic mass is 10.4. The van der Waals surface area contributed by atoms with Gasteiger partial charge < -0.3 is 9.30 Å². The third-order valence-electron chi connectivity index (χ3n) is 2.11. The van der Waals surface area contributed by atoms with Crippen molar-refractivity contribution in [3.8, 4) is 5.75 Å². The molecule has 0 aromatic carbocycles. The third kappa shape index (κ3) is 2.28. The maximum absolute atomic E-state index is 5.85. The fourth-order valence-electron chi connectivity index (χ4n) is 1.18. The number of hydrogen-bond acceptors (Lipinski definition) is 3. The highest BCUT2D eigenvalue weighted by atomic mass is 35.5. The first-order chi connectivity index (χ1) is 7.68. The molecule has 0 saturated carbocycles. The molecule has 6 heteroatoms. The summed E-state index contributed by atoms with van der Waals surface area (Å²) in [5.41, 5.74) is 0. The minimum absolute atomic E-state index is 0.300. The van der Waals surface area contributed by atoms with Crippen molar-refractivity contribution in [2.24, 2.45) is 7.05 Å². The number of ether oxygens (including phenoxy) is 1. The van der Waals surface area contributed by atoms with Gasteiger partial charge in [-0.15, -0.1) is 0 Å². The van der Waals surface area contributed by atoms with Crippen LogP contribution < -0.4 is 4.74 Å². The van der Waals surface area contributed by atoms with Crippen LogP contribution in [0.1, 0.15) is 5.82 Å². The molecule has 0 aliphatic rings. The highest BCUT2D eigenvalue weighted by Crippen LogP contribution is 2.21. The molecule has 0 atom stereocenters. The molecular formula is C10H9Cl2N3O. The second-order valence-corrected chi connectivity index (χ2v) is 3.88. The second-order valence-electron chi connectivity index (χ2n) is 3.14. The van der Waals surface area contributed by atoms with E-state index >= 15 is 0 Å². The van der Waals surface area contributed by atoms with Gasteiger partial charge in [-0.25, -0.2) is 9.97 Å². The van der Waals surface area contributed by atoms with Crippen LogP contribution >= 0.6 is 23.2 Å². The number of hydrogen-bond donors (Lipinski definition) is 0. The summed E-state index contributed by atoms with van der Waals surface area (Å²) in [4.78, 5) is 8.01. The van der Waals surface area contributed by atoms with Crippen molar-refractivity contribution >= 4 is 23.2 Å². The van der Waals surface area contributed by atoms with Crippen LogP contribution in [-0.4, -0.2) is 14.5 Å². The van der Waals surface area contributed by atoms with E-state index in [4.69, 9.17) is 27.9 Å². The lowest BCUT2D eigenvalue weighted by Crippen LogP contribution is -2.04. The predicted octanol–water partition coefficient (Wildman–Crippen LogP) is 2.70. The van der Waals surface area contributed by atoms with E-state index in [9.17, 15) is 0 Å². The van der Waals surface area contributed by atoms with Crippen LogP contribution in [0.15, 0.2) is 24.5 Å². The summed E-state index contributed by atoms with van der Waals surface area (Å²) in [5.74, 6) is 1.26. The summed E-state index contributed by atoms with van der Waals surface area (Å²) in [6, 6.07) is 3.51. The zero-order chi connectivity index (χ0) is 11.5. The van der Waals surface area contributed by atoms with Crippen molar-refractivity contribution in [3.05, 3.63) is 40.7 Å². The maximum atomic E-state index is 5.85. The van der Waals surface area contributed by atoms with Gasteiger partial charge in [0.1, 0.15) is 17.6 Å². The van der Waals surface area contributed by atoms with E-state index in [1.165, 1.54) is 0 Å². The maximum Gasteiger partial charge on any atom is 0.171 e. The van der Waals surface area contributed by atoms with Crippen molar-refractivity contribution in [1.82, 2.24) is 14.5 Å². The largest absolute Gasteiger partial charge is 0.482 e. The van der Waals surface area contributed by atoms with E-state index in [1.54, 1.807) is 29.1 Å².